The van der Waals surface area contributed by atoms with Gasteiger partial charge in [0.2, 0.25) is 5.91 Å². The molecule has 0 heterocycles. The van der Waals surface area contributed by atoms with Gasteiger partial charge in [0.05, 0.1) is 0 Å². The first-order chi connectivity index (χ1) is 12.7. The van der Waals surface area contributed by atoms with Gasteiger partial charge < -0.3 is 16.0 Å². The number of hydrogen-bond donors (Lipinski definition) is 3. The minimum absolute atomic E-state index is 0. The van der Waals surface area contributed by atoms with Crippen molar-refractivity contribution in [3.63, 3.8) is 0 Å². The molecule has 0 aliphatic heterocycles. The van der Waals surface area contributed by atoms with Crippen molar-refractivity contribution in [3.05, 3.63) is 65.7 Å². The fourth-order valence-electron chi connectivity index (χ4n) is 2.35. The highest BCUT2D eigenvalue weighted by atomic mass is 127. The lowest BCUT2D eigenvalue weighted by molar-refractivity contribution is -0.114. The number of hydrogen-bond acceptors (Lipinski definition) is 2. The number of nitrogens with zero attached hydrogens (tertiary/aromatic N) is 1. The molecular weight excluding hydrogens is 451 g/mol. The summed E-state index contributed by atoms with van der Waals surface area (Å²) in [5.74, 6) is 2.97. The summed E-state index contributed by atoms with van der Waals surface area (Å²) in [5.41, 5.74) is 2.65. The zero-order valence-electron chi connectivity index (χ0n) is 15.4. The molecule has 0 bridgehead atoms. The van der Waals surface area contributed by atoms with Crippen molar-refractivity contribution in [1.29, 1.82) is 0 Å². The van der Waals surface area contributed by atoms with Gasteiger partial charge in [-0.3, -0.25) is 4.79 Å². The molecule has 0 atom stereocenters. The molecule has 0 spiro atoms. The summed E-state index contributed by atoms with van der Waals surface area (Å²) < 4.78 is 0. The van der Waals surface area contributed by atoms with Crippen LogP contribution in [0.25, 0.3) is 0 Å². The first kappa shape index (κ1) is 22.5. The zero-order chi connectivity index (χ0) is 18.6. The summed E-state index contributed by atoms with van der Waals surface area (Å²) in [6, 6.07) is 17.4. The van der Waals surface area contributed by atoms with Gasteiger partial charge in [-0.25, -0.2) is 4.99 Å². The monoisotopic (exact) mass is 476 g/mol. The van der Waals surface area contributed by atoms with Crippen LogP contribution in [0.1, 0.15) is 18.1 Å². The third kappa shape index (κ3) is 8.60. The Labute approximate surface area is 178 Å². The summed E-state index contributed by atoms with van der Waals surface area (Å²) in [6.45, 7) is 3.48. The Morgan fingerprint density at radius 1 is 1.11 bits per heavy atom. The Kier molecular flexibility index (Phi) is 10.6. The van der Waals surface area contributed by atoms with E-state index in [1.54, 1.807) is 12.1 Å². The van der Waals surface area contributed by atoms with Crippen molar-refractivity contribution in [1.82, 2.24) is 10.6 Å². The molecule has 2 aromatic carbocycles. The van der Waals surface area contributed by atoms with Gasteiger partial charge in [-0.05, 0) is 37.1 Å². The highest BCUT2D eigenvalue weighted by Crippen LogP contribution is 2.09. The van der Waals surface area contributed by atoms with Crippen molar-refractivity contribution in [2.45, 2.75) is 13.3 Å². The summed E-state index contributed by atoms with van der Waals surface area (Å²) in [4.78, 5) is 16.4. The summed E-state index contributed by atoms with van der Waals surface area (Å²) in [7, 11) is 0. The number of anilines is 1. The number of amides is 1. The van der Waals surface area contributed by atoms with Crippen molar-refractivity contribution < 1.29 is 4.79 Å². The van der Waals surface area contributed by atoms with Gasteiger partial charge in [0.1, 0.15) is 6.54 Å². The molecule has 0 aliphatic carbocycles. The number of carbonyl (C=O) groups excluding carboxylic acids is 1. The van der Waals surface area contributed by atoms with Gasteiger partial charge in [-0.15, -0.1) is 30.4 Å². The molecular formula is C21H25IN4O. The van der Waals surface area contributed by atoms with E-state index in [-0.39, 0.29) is 36.4 Å². The molecule has 5 nitrogen and oxygen atoms in total. The second-order valence-corrected chi connectivity index (χ2v) is 5.63. The summed E-state index contributed by atoms with van der Waals surface area (Å²) >= 11 is 0. The molecule has 3 N–H and O–H groups in total. The largest absolute Gasteiger partial charge is 0.357 e. The van der Waals surface area contributed by atoms with Crippen LogP contribution in [0.15, 0.2) is 59.6 Å². The lowest BCUT2D eigenvalue weighted by atomic mass is 10.1. The summed E-state index contributed by atoms with van der Waals surface area (Å²) in [5, 5.41) is 9.18. The Morgan fingerprint density at radius 3 is 2.59 bits per heavy atom. The lowest BCUT2D eigenvalue weighted by Crippen LogP contribution is -2.39. The van der Waals surface area contributed by atoms with Crippen LogP contribution in [0, 0.1) is 12.3 Å². The molecule has 0 aromatic heterocycles. The average Bonchev–Trinajstić information content (AvgIpc) is 2.67. The first-order valence-electron chi connectivity index (χ1n) is 8.64. The Morgan fingerprint density at radius 2 is 1.89 bits per heavy atom. The second kappa shape index (κ2) is 12.8. The van der Waals surface area contributed by atoms with Gasteiger partial charge in [0, 0.05) is 24.3 Å². The predicted octanol–water partition coefficient (Wildman–Crippen LogP) is 3.02. The van der Waals surface area contributed by atoms with Gasteiger partial charge >= 0.3 is 0 Å². The van der Waals surface area contributed by atoms with E-state index in [0.29, 0.717) is 11.6 Å². The minimum Gasteiger partial charge on any atom is -0.357 e. The van der Waals surface area contributed by atoms with Gasteiger partial charge in [-0.2, -0.15) is 0 Å². The standard InChI is InChI=1S/C21H24N4O.HI/c1-3-17-11-8-12-19(15-17)25-20(26)16-24-21(22-4-2)23-14-13-18-9-6-5-7-10-18;/h1,5-12,15H,4,13-14,16H2,2H3,(H,25,26)(H2,22,23,24);1H. The van der Waals surface area contributed by atoms with E-state index in [1.165, 1.54) is 5.56 Å². The number of nitrogens with one attached hydrogen (secondary N) is 3. The number of halogens is 1. The highest BCUT2D eigenvalue weighted by molar-refractivity contribution is 14.0. The Bertz CT molecular complexity index is 784. The molecule has 0 saturated carbocycles. The van der Waals surface area contributed by atoms with E-state index < -0.39 is 0 Å². The fourth-order valence-corrected chi connectivity index (χ4v) is 2.35. The van der Waals surface area contributed by atoms with Crippen molar-refractivity contribution >= 4 is 41.5 Å². The summed E-state index contributed by atoms with van der Waals surface area (Å²) in [6.07, 6.45) is 6.25. The smallest absolute Gasteiger partial charge is 0.246 e. The van der Waals surface area contributed by atoms with E-state index >= 15 is 0 Å². The van der Waals surface area contributed by atoms with Gasteiger partial charge in [0.15, 0.2) is 5.96 Å². The Hall–Kier alpha value is -2.53. The van der Waals surface area contributed by atoms with Crippen LogP contribution in [0.2, 0.25) is 0 Å². The molecule has 2 rings (SSSR count). The van der Waals surface area contributed by atoms with E-state index in [4.69, 9.17) is 6.42 Å². The molecule has 0 saturated heterocycles. The zero-order valence-corrected chi connectivity index (χ0v) is 17.7. The van der Waals surface area contributed by atoms with Crippen LogP contribution in [0.3, 0.4) is 0 Å². The van der Waals surface area contributed by atoms with Gasteiger partial charge in [0.25, 0.3) is 0 Å². The molecule has 2 aromatic rings. The van der Waals surface area contributed by atoms with Crippen LogP contribution in [-0.4, -0.2) is 31.5 Å². The highest BCUT2D eigenvalue weighted by Gasteiger charge is 2.04. The molecule has 27 heavy (non-hydrogen) atoms. The third-order valence-electron chi connectivity index (χ3n) is 3.59. The van der Waals surface area contributed by atoms with Crippen LogP contribution in [0.5, 0.6) is 0 Å². The normalized spacial score (nSPS) is 10.3. The second-order valence-electron chi connectivity index (χ2n) is 5.63. The SMILES string of the molecule is C#Cc1cccc(NC(=O)CN=C(NCC)NCCc2ccccc2)c1.I. The molecule has 6 heteroatoms. The quantitative estimate of drug-likeness (QED) is 0.249. The number of benzene rings is 2. The minimum atomic E-state index is -0.195. The van der Waals surface area contributed by atoms with Gasteiger partial charge in [-0.1, -0.05) is 42.3 Å². The number of guanidine groups is 1. The number of carbonyl (C=O) groups is 1. The molecule has 0 aliphatic rings. The average molecular weight is 476 g/mol. The Balaban J connectivity index is 0.00000364. The maximum absolute atomic E-state index is 12.1. The van der Waals surface area contributed by atoms with E-state index in [0.717, 1.165) is 25.1 Å². The van der Waals surface area contributed by atoms with E-state index in [2.05, 4.69) is 39.0 Å². The van der Waals surface area contributed by atoms with Crippen LogP contribution < -0.4 is 16.0 Å². The van der Waals surface area contributed by atoms with E-state index in [1.807, 2.05) is 37.3 Å². The van der Waals surface area contributed by atoms with Crippen LogP contribution in [-0.2, 0) is 11.2 Å². The van der Waals surface area contributed by atoms with Crippen molar-refractivity contribution in [2.24, 2.45) is 4.99 Å². The van der Waals surface area contributed by atoms with Crippen LogP contribution in [0.4, 0.5) is 5.69 Å². The molecule has 1 amide bonds. The van der Waals surface area contributed by atoms with Crippen molar-refractivity contribution in [3.8, 4) is 12.3 Å². The topological polar surface area (TPSA) is 65.5 Å². The fraction of sp³-hybridized carbons (Fsp3) is 0.238. The molecule has 142 valence electrons. The van der Waals surface area contributed by atoms with Crippen LogP contribution >= 0.6 is 24.0 Å². The lowest BCUT2D eigenvalue weighted by Gasteiger charge is -2.11. The molecule has 0 unspecified atom stereocenters. The van der Waals surface area contributed by atoms with Crippen molar-refractivity contribution in [2.75, 3.05) is 25.0 Å². The maximum atomic E-state index is 12.1. The van der Waals surface area contributed by atoms with E-state index in [9.17, 15) is 4.79 Å². The molecule has 0 radical (unpaired) electrons. The number of terminal acetylenes is 1. The first-order valence-corrected chi connectivity index (χ1v) is 8.64. The third-order valence-corrected chi connectivity index (χ3v) is 3.59. The predicted molar refractivity (Wildman–Crippen MR) is 123 cm³/mol. The maximum Gasteiger partial charge on any atom is 0.246 e. The molecule has 0 fully saturated rings. The number of aliphatic imine (C=N–C) groups is 1. The number of rotatable bonds is 7.